The third-order valence-corrected chi connectivity index (χ3v) is 3.77. The van der Waals surface area contributed by atoms with Crippen molar-refractivity contribution in [1.29, 1.82) is 0 Å². The normalized spacial score (nSPS) is 12.2. The average molecular weight is 312 g/mol. The fraction of sp³-hybridized carbons (Fsp3) is 0.308. The number of rotatable bonds is 5. The van der Waals surface area contributed by atoms with Gasteiger partial charge in [0.15, 0.2) is 5.82 Å². The van der Waals surface area contributed by atoms with Crippen molar-refractivity contribution in [3.8, 4) is 0 Å². The van der Waals surface area contributed by atoms with Crippen LogP contribution in [0.1, 0.15) is 36.1 Å². The second kappa shape index (κ2) is 6.76. The molecule has 2 aromatic rings. The number of benzene rings is 1. The van der Waals surface area contributed by atoms with E-state index in [4.69, 9.17) is 11.6 Å². The molecule has 106 valence electrons. The molecule has 0 aliphatic carbocycles. The molecule has 0 spiro atoms. The van der Waals surface area contributed by atoms with Crippen molar-refractivity contribution in [2.24, 2.45) is 0 Å². The Morgan fingerprint density at radius 2 is 2.35 bits per heavy atom. The van der Waals surface area contributed by atoms with E-state index in [1.807, 2.05) is 6.92 Å². The summed E-state index contributed by atoms with van der Waals surface area (Å²) in [5.74, 6) is 1.12. The fourth-order valence-electron chi connectivity index (χ4n) is 1.67. The van der Waals surface area contributed by atoms with Gasteiger partial charge in [-0.15, -0.1) is 11.8 Å². The Labute approximate surface area is 126 Å². The van der Waals surface area contributed by atoms with Crippen molar-refractivity contribution >= 4 is 29.3 Å². The Hall–Kier alpha value is -1.53. The molecule has 0 saturated heterocycles. The van der Waals surface area contributed by atoms with Crippen LogP contribution < -0.4 is 5.32 Å². The van der Waals surface area contributed by atoms with Gasteiger partial charge in [0.2, 0.25) is 6.39 Å². The van der Waals surface area contributed by atoms with Crippen LogP contribution in [0.25, 0.3) is 0 Å². The van der Waals surface area contributed by atoms with Crippen LogP contribution in [0.3, 0.4) is 0 Å². The molecule has 1 N–H and O–H groups in total. The zero-order chi connectivity index (χ0) is 14.5. The molecule has 0 fully saturated rings. The highest BCUT2D eigenvalue weighted by Crippen LogP contribution is 2.26. The smallest absolute Gasteiger partial charge is 0.253 e. The molecule has 1 heterocycles. The van der Waals surface area contributed by atoms with Crippen molar-refractivity contribution in [2.75, 3.05) is 5.75 Å². The maximum absolute atomic E-state index is 12.3. The molecular formula is C13H14ClN3O2S. The van der Waals surface area contributed by atoms with E-state index in [9.17, 15) is 4.79 Å². The monoisotopic (exact) mass is 311 g/mol. The van der Waals surface area contributed by atoms with Gasteiger partial charge in [0.1, 0.15) is 0 Å². The number of halogens is 1. The summed E-state index contributed by atoms with van der Waals surface area (Å²) in [6.07, 6.45) is 1.23. The van der Waals surface area contributed by atoms with Gasteiger partial charge in [0.05, 0.1) is 11.6 Å². The molecule has 7 heteroatoms. The molecule has 0 saturated carbocycles. The minimum absolute atomic E-state index is 0.185. The number of hydrogen-bond acceptors (Lipinski definition) is 5. The maximum atomic E-state index is 12.3. The van der Waals surface area contributed by atoms with Crippen molar-refractivity contribution in [2.45, 2.75) is 24.8 Å². The molecule has 0 radical (unpaired) electrons. The minimum Gasteiger partial charge on any atom is -0.343 e. The first kappa shape index (κ1) is 14.9. The standard InChI is InChI=1S/C13H14ClN3O2S/c1-3-20-11-6-9(14)4-5-10(11)13(18)16-8(2)12-15-7-19-17-12/h4-8H,3H2,1-2H3,(H,16,18)/t8-/m1/s1. The van der Waals surface area contributed by atoms with Crippen LogP contribution in [-0.2, 0) is 0 Å². The third-order valence-electron chi connectivity index (χ3n) is 2.60. The summed E-state index contributed by atoms with van der Waals surface area (Å²) in [4.78, 5) is 17.1. The zero-order valence-corrected chi connectivity index (χ0v) is 12.7. The zero-order valence-electron chi connectivity index (χ0n) is 11.1. The van der Waals surface area contributed by atoms with E-state index in [-0.39, 0.29) is 11.9 Å². The lowest BCUT2D eigenvalue weighted by molar-refractivity contribution is 0.0935. The molecule has 1 atom stereocenters. The van der Waals surface area contributed by atoms with E-state index in [0.29, 0.717) is 16.4 Å². The number of nitrogens with one attached hydrogen (secondary N) is 1. The molecule has 20 heavy (non-hydrogen) atoms. The third kappa shape index (κ3) is 3.52. The summed E-state index contributed by atoms with van der Waals surface area (Å²) in [6, 6.07) is 4.90. The second-order valence-corrected chi connectivity index (χ2v) is 5.80. The van der Waals surface area contributed by atoms with Crippen molar-refractivity contribution < 1.29 is 9.32 Å². The number of thioether (sulfide) groups is 1. The van der Waals surface area contributed by atoms with E-state index in [1.165, 1.54) is 6.39 Å². The van der Waals surface area contributed by atoms with Crippen molar-refractivity contribution in [3.05, 3.63) is 41.0 Å². The van der Waals surface area contributed by atoms with Crippen LogP contribution in [0.5, 0.6) is 0 Å². The molecule has 2 rings (SSSR count). The largest absolute Gasteiger partial charge is 0.343 e. The Bertz CT molecular complexity index is 589. The predicted molar refractivity (Wildman–Crippen MR) is 78.0 cm³/mol. The van der Waals surface area contributed by atoms with E-state index < -0.39 is 0 Å². The number of amides is 1. The van der Waals surface area contributed by atoms with Gasteiger partial charge in [-0.2, -0.15) is 4.98 Å². The van der Waals surface area contributed by atoms with Crippen LogP contribution in [-0.4, -0.2) is 21.8 Å². The predicted octanol–water partition coefficient (Wildman–Crippen LogP) is 3.33. The quantitative estimate of drug-likeness (QED) is 0.858. The van der Waals surface area contributed by atoms with Gasteiger partial charge in [-0.25, -0.2) is 0 Å². The number of carbonyl (C=O) groups is 1. The van der Waals surface area contributed by atoms with Crippen molar-refractivity contribution in [1.82, 2.24) is 15.5 Å². The molecule has 1 amide bonds. The average Bonchev–Trinajstić information content (AvgIpc) is 2.93. The fourth-order valence-corrected chi connectivity index (χ4v) is 2.74. The van der Waals surface area contributed by atoms with E-state index in [2.05, 4.69) is 20.0 Å². The Morgan fingerprint density at radius 3 is 3.00 bits per heavy atom. The lowest BCUT2D eigenvalue weighted by Crippen LogP contribution is -2.27. The summed E-state index contributed by atoms with van der Waals surface area (Å²) in [7, 11) is 0. The molecule has 1 aromatic carbocycles. The summed E-state index contributed by atoms with van der Waals surface area (Å²) in [6.45, 7) is 3.82. The Balaban J connectivity index is 2.16. The van der Waals surface area contributed by atoms with Gasteiger partial charge in [0.25, 0.3) is 5.91 Å². The molecule has 0 aliphatic rings. The Morgan fingerprint density at radius 1 is 1.55 bits per heavy atom. The molecule has 1 aromatic heterocycles. The van der Waals surface area contributed by atoms with Gasteiger partial charge in [0, 0.05) is 9.92 Å². The first-order valence-corrected chi connectivity index (χ1v) is 7.47. The minimum atomic E-state index is -0.323. The molecule has 5 nitrogen and oxygen atoms in total. The van der Waals surface area contributed by atoms with Gasteiger partial charge >= 0.3 is 0 Å². The van der Waals surface area contributed by atoms with E-state index in [0.717, 1.165) is 10.6 Å². The van der Waals surface area contributed by atoms with E-state index in [1.54, 1.807) is 36.9 Å². The van der Waals surface area contributed by atoms with Crippen LogP contribution in [0, 0.1) is 0 Å². The van der Waals surface area contributed by atoms with Crippen molar-refractivity contribution in [3.63, 3.8) is 0 Å². The lowest BCUT2D eigenvalue weighted by Gasteiger charge is -2.13. The van der Waals surface area contributed by atoms with Crippen LogP contribution in [0.2, 0.25) is 5.02 Å². The first-order valence-electron chi connectivity index (χ1n) is 6.11. The number of hydrogen-bond donors (Lipinski definition) is 1. The van der Waals surface area contributed by atoms with E-state index >= 15 is 0 Å². The van der Waals surface area contributed by atoms with Gasteiger partial charge < -0.3 is 9.84 Å². The molecule has 0 aliphatic heterocycles. The Kier molecular flexibility index (Phi) is 5.03. The number of carbonyl (C=O) groups excluding carboxylic acids is 1. The molecular weight excluding hydrogens is 298 g/mol. The highest BCUT2D eigenvalue weighted by atomic mass is 35.5. The summed E-state index contributed by atoms with van der Waals surface area (Å²) >= 11 is 7.54. The van der Waals surface area contributed by atoms with Crippen LogP contribution in [0.4, 0.5) is 0 Å². The van der Waals surface area contributed by atoms with Gasteiger partial charge in [-0.1, -0.05) is 23.7 Å². The molecule has 0 unspecified atom stereocenters. The summed E-state index contributed by atoms with van der Waals surface area (Å²) < 4.78 is 4.67. The van der Waals surface area contributed by atoms with Gasteiger partial charge in [-0.05, 0) is 30.9 Å². The maximum Gasteiger partial charge on any atom is 0.253 e. The topological polar surface area (TPSA) is 68.0 Å². The van der Waals surface area contributed by atoms with Gasteiger partial charge in [-0.3, -0.25) is 4.79 Å². The highest BCUT2D eigenvalue weighted by molar-refractivity contribution is 7.99. The number of aromatic nitrogens is 2. The summed E-state index contributed by atoms with van der Waals surface area (Å²) in [5, 5.41) is 7.16. The molecule has 0 bridgehead atoms. The highest BCUT2D eigenvalue weighted by Gasteiger charge is 2.17. The van der Waals surface area contributed by atoms with Crippen LogP contribution in [0.15, 0.2) is 34.0 Å². The first-order chi connectivity index (χ1) is 9.61. The second-order valence-electron chi connectivity index (χ2n) is 4.06. The summed E-state index contributed by atoms with van der Waals surface area (Å²) in [5.41, 5.74) is 0.594. The lowest BCUT2D eigenvalue weighted by atomic mass is 10.2. The van der Waals surface area contributed by atoms with Crippen LogP contribution >= 0.6 is 23.4 Å². The SMILES string of the molecule is CCSc1cc(Cl)ccc1C(=O)N[C@H](C)c1ncon1. The number of nitrogens with zero attached hydrogens (tertiary/aromatic N) is 2.